The zero-order chi connectivity index (χ0) is 18.8. The van der Waals surface area contributed by atoms with Gasteiger partial charge in [0.25, 0.3) is 5.91 Å². The average Bonchev–Trinajstić information content (AvgIpc) is 2.73. The Morgan fingerprint density at radius 1 is 0.963 bits per heavy atom. The van der Waals surface area contributed by atoms with Crippen LogP contribution >= 0.6 is 0 Å². The number of anilines is 1. The molecule has 0 spiro atoms. The highest BCUT2D eigenvalue weighted by atomic mass is 16.2. The molecule has 1 fully saturated rings. The fourth-order valence-corrected chi connectivity index (χ4v) is 4.52. The van der Waals surface area contributed by atoms with Crippen LogP contribution in [0.25, 0.3) is 0 Å². The Morgan fingerprint density at radius 3 is 2.37 bits per heavy atom. The van der Waals surface area contributed by atoms with Crippen molar-refractivity contribution in [3.63, 3.8) is 0 Å². The number of aryl methyl sites for hydroxylation is 1. The first-order valence-corrected chi connectivity index (χ1v) is 10.1. The van der Waals surface area contributed by atoms with Crippen LogP contribution < -0.4 is 9.80 Å². The molecule has 1 atom stereocenters. The summed E-state index contributed by atoms with van der Waals surface area (Å²) in [6, 6.07) is 17.1. The predicted octanol–water partition coefficient (Wildman–Crippen LogP) is 1.67. The van der Waals surface area contributed by atoms with Gasteiger partial charge in [-0.3, -0.25) is 4.79 Å². The van der Waals surface area contributed by atoms with Crippen molar-refractivity contribution >= 4 is 11.6 Å². The molecule has 4 heteroatoms. The number of para-hydroxylation sites is 1. The topological polar surface area (TPSA) is 28.0 Å². The molecule has 0 unspecified atom stereocenters. The van der Waals surface area contributed by atoms with E-state index in [9.17, 15) is 4.79 Å². The van der Waals surface area contributed by atoms with Gasteiger partial charge < -0.3 is 14.7 Å². The minimum absolute atomic E-state index is 0.0364. The fourth-order valence-electron chi connectivity index (χ4n) is 4.52. The van der Waals surface area contributed by atoms with Crippen molar-refractivity contribution in [3.8, 4) is 0 Å². The third kappa shape index (κ3) is 3.72. The number of fused-ring (bicyclic) bond motifs is 1. The van der Waals surface area contributed by atoms with Gasteiger partial charge in [-0.2, -0.15) is 0 Å². The number of hydrogen-bond donors (Lipinski definition) is 1. The van der Waals surface area contributed by atoms with Crippen molar-refractivity contribution in [1.29, 1.82) is 0 Å². The second-order valence-electron chi connectivity index (χ2n) is 7.93. The number of rotatable bonds is 3. The maximum Gasteiger partial charge on any atom is 0.280 e. The number of carbonyl (C=O) groups is 1. The fraction of sp³-hybridized carbons (Fsp3) is 0.435. The SMILES string of the molecule is Cc1ccccc1N1CC[NH+]([C@H](C)C(=O)N2CCc3ccccc3C2)CC1. The molecule has 2 aliphatic heterocycles. The van der Waals surface area contributed by atoms with E-state index in [4.69, 9.17) is 0 Å². The summed E-state index contributed by atoms with van der Waals surface area (Å²) in [5.41, 5.74) is 5.37. The molecule has 2 aromatic carbocycles. The molecule has 0 saturated carbocycles. The van der Waals surface area contributed by atoms with Crippen LogP contribution in [-0.2, 0) is 17.8 Å². The number of benzene rings is 2. The summed E-state index contributed by atoms with van der Waals surface area (Å²) in [5.74, 6) is 0.309. The Balaban J connectivity index is 1.36. The lowest BCUT2D eigenvalue weighted by Gasteiger charge is -2.38. The van der Waals surface area contributed by atoms with Crippen molar-refractivity contribution in [2.24, 2.45) is 0 Å². The molecule has 2 aromatic rings. The molecule has 1 amide bonds. The highest BCUT2D eigenvalue weighted by molar-refractivity contribution is 5.80. The molecule has 4 rings (SSSR count). The predicted molar refractivity (Wildman–Crippen MR) is 109 cm³/mol. The van der Waals surface area contributed by atoms with Crippen LogP contribution in [0.3, 0.4) is 0 Å². The van der Waals surface area contributed by atoms with Gasteiger partial charge in [0.1, 0.15) is 0 Å². The number of nitrogens with zero attached hydrogens (tertiary/aromatic N) is 2. The molecule has 2 aliphatic rings. The van der Waals surface area contributed by atoms with E-state index in [1.54, 1.807) is 0 Å². The van der Waals surface area contributed by atoms with Crippen molar-refractivity contribution in [2.75, 3.05) is 37.6 Å². The van der Waals surface area contributed by atoms with Gasteiger partial charge in [0.15, 0.2) is 6.04 Å². The zero-order valence-corrected chi connectivity index (χ0v) is 16.4. The van der Waals surface area contributed by atoms with E-state index in [1.165, 1.54) is 27.3 Å². The van der Waals surface area contributed by atoms with E-state index in [-0.39, 0.29) is 6.04 Å². The third-order valence-corrected chi connectivity index (χ3v) is 6.29. The van der Waals surface area contributed by atoms with Gasteiger partial charge in [0, 0.05) is 18.8 Å². The molecule has 27 heavy (non-hydrogen) atoms. The first kappa shape index (κ1) is 18.1. The summed E-state index contributed by atoms with van der Waals surface area (Å²) in [6.07, 6.45) is 0.977. The second kappa shape index (κ2) is 7.73. The summed E-state index contributed by atoms with van der Waals surface area (Å²) in [4.78, 5) is 19.1. The largest absolute Gasteiger partial charge is 0.360 e. The van der Waals surface area contributed by atoms with E-state index in [0.29, 0.717) is 5.91 Å². The number of hydrogen-bond acceptors (Lipinski definition) is 2. The molecule has 2 heterocycles. The lowest BCUT2D eigenvalue weighted by atomic mass is 9.99. The normalized spacial score (nSPS) is 18.9. The molecule has 0 aromatic heterocycles. The Labute approximate surface area is 162 Å². The third-order valence-electron chi connectivity index (χ3n) is 6.29. The van der Waals surface area contributed by atoms with Crippen LogP contribution in [0.5, 0.6) is 0 Å². The van der Waals surface area contributed by atoms with E-state index in [2.05, 4.69) is 72.2 Å². The maximum absolute atomic E-state index is 13.1. The summed E-state index contributed by atoms with van der Waals surface area (Å²) < 4.78 is 0. The number of carbonyl (C=O) groups excluding carboxylic acids is 1. The quantitative estimate of drug-likeness (QED) is 0.897. The molecule has 0 aliphatic carbocycles. The minimum atomic E-state index is 0.0364. The number of amides is 1. The van der Waals surface area contributed by atoms with Crippen LogP contribution in [0, 0.1) is 6.92 Å². The number of quaternary nitrogens is 1. The van der Waals surface area contributed by atoms with Crippen LogP contribution in [-0.4, -0.2) is 49.6 Å². The van der Waals surface area contributed by atoms with E-state index >= 15 is 0 Å². The Morgan fingerprint density at radius 2 is 1.63 bits per heavy atom. The van der Waals surface area contributed by atoms with Crippen LogP contribution in [0.15, 0.2) is 48.5 Å². The Bertz CT molecular complexity index is 811. The lowest BCUT2D eigenvalue weighted by Crippen LogP contribution is -3.19. The Hall–Kier alpha value is -2.33. The van der Waals surface area contributed by atoms with Gasteiger partial charge >= 0.3 is 0 Å². The lowest BCUT2D eigenvalue weighted by molar-refractivity contribution is -0.915. The van der Waals surface area contributed by atoms with Crippen molar-refractivity contribution in [3.05, 3.63) is 65.2 Å². The monoisotopic (exact) mass is 364 g/mol. The average molecular weight is 365 g/mol. The van der Waals surface area contributed by atoms with Gasteiger partial charge in [0.05, 0.1) is 26.2 Å². The molecule has 1 N–H and O–H groups in total. The minimum Gasteiger partial charge on any atom is -0.360 e. The highest BCUT2D eigenvalue weighted by Crippen LogP contribution is 2.20. The van der Waals surface area contributed by atoms with E-state index < -0.39 is 0 Å². The van der Waals surface area contributed by atoms with Gasteiger partial charge in [-0.25, -0.2) is 0 Å². The van der Waals surface area contributed by atoms with Gasteiger partial charge in [0.2, 0.25) is 0 Å². The first-order chi connectivity index (χ1) is 13.1. The van der Waals surface area contributed by atoms with Gasteiger partial charge in [-0.05, 0) is 43.0 Å². The van der Waals surface area contributed by atoms with Crippen LogP contribution in [0.4, 0.5) is 5.69 Å². The summed E-state index contributed by atoms with van der Waals surface area (Å²) in [6.45, 7) is 9.97. The van der Waals surface area contributed by atoms with E-state index in [1.807, 2.05) is 0 Å². The molecule has 0 radical (unpaired) electrons. The molecular formula is C23H30N3O+. The van der Waals surface area contributed by atoms with Crippen molar-refractivity contribution in [2.45, 2.75) is 32.9 Å². The van der Waals surface area contributed by atoms with Gasteiger partial charge in [-0.1, -0.05) is 42.5 Å². The molecular weight excluding hydrogens is 334 g/mol. The standard InChI is InChI=1S/C23H29N3O/c1-18-7-3-6-10-22(18)25-15-13-24(14-16-25)19(2)23(27)26-12-11-20-8-4-5-9-21(20)17-26/h3-10,19H,11-17H2,1-2H3/p+1/t19-/m1/s1. The Kier molecular flexibility index (Phi) is 5.17. The summed E-state index contributed by atoms with van der Waals surface area (Å²) >= 11 is 0. The van der Waals surface area contributed by atoms with Crippen molar-refractivity contribution in [1.82, 2.24) is 4.90 Å². The van der Waals surface area contributed by atoms with Crippen LogP contribution in [0.1, 0.15) is 23.6 Å². The maximum atomic E-state index is 13.1. The second-order valence-corrected chi connectivity index (χ2v) is 7.93. The summed E-state index contributed by atoms with van der Waals surface area (Å²) in [5, 5.41) is 0. The smallest absolute Gasteiger partial charge is 0.280 e. The zero-order valence-electron chi connectivity index (χ0n) is 16.4. The molecule has 4 nitrogen and oxygen atoms in total. The highest BCUT2D eigenvalue weighted by Gasteiger charge is 2.33. The molecule has 0 bridgehead atoms. The first-order valence-electron chi connectivity index (χ1n) is 10.1. The molecule has 1 saturated heterocycles. The van der Waals surface area contributed by atoms with Gasteiger partial charge in [-0.15, -0.1) is 0 Å². The molecule has 142 valence electrons. The number of piperazine rings is 1. The van der Waals surface area contributed by atoms with Crippen molar-refractivity contribution < 1.29 is 9.69 Å². The number of nitrogens with one attached hydrogen (secondary N) is 1. The summed E-state index contributed by atoms with van der Waals surface area (Å²) in [7, 11) is 0. The van der Waals surface area contributed by atoms with Crippen LogP contribution in [0.2, 0.25) is 0 Å². The van der Waals surface area contributed by atoms with E-state index in [0.717, 1.165) is 45.7 Å².